The van der Waals surface area contributed by atoms with Gasteiger partial charge in [-0.25, -0.2) is 4.39 Å². The number of nitrogens with zero attached hydrogens (tertiary/aromatic N) is 1. The van der Waals surface area contributed by atoms with Crippen LogP contribution in [0.3, 0.4) is 0 Å². The van der Waals surface area contributed by atoms with E-state index in [0.29, 0.717) is 12.2 Å². The van der Waals surface area contributed by atoms with Crippen LogP contribution < -0.4 is 0 Å². The number of halogens is 1. The van der Waals surface area contributed by atoms with Crippen LogP contribution in [0.25, 0.3) is 0 Å². The fourth-order valence-corrected chi connectivity index (χ4v) is 2.01. The van der Waals surface area contributed by atoms with E-state index < -0.39 is 0 Å². The molecule has 1 heterocycles. The first-order chi connectivity index (χ1) is 8.27. The molecule has 0 atom stereocenters. The van der Waals surface area contributed by atoms with Crippen molar-refractivity contribution < 1.29 is 4.39 Å². The molecule has 2 heteroatoms. The molecule has 17 heavy (non-hydrogen) atoms. The van der Waals surface area contributed by atoms with Crippen LogP contribution in [-0.4, -0.2) is 25.0 Å². The number of likely N-dealkylation sites (tertiary alicyclic amines) is 1. The maximum absolute atomic E-state index is 12.0. The van der Waals surface area contributed by atoms with Gasteiger partial charge in [-0.3, -0.25) is 0 Å². The smallest absolute Gasteiger partial charge is 0.0867 e. The minimum Gasteiger partial charge on any atom is -0.306 e. The fraction of sp³-hybridized carbons (Fsp3) is 0.600. The van der Waals surface area contributed by atoms with Crippen molar-refractivity contribution in [1.82, 2.24) is 4.90 Å². The van der Waals surface area contributed by atoms with Gasteiger partial charge in [-0.15, -0.1) is 0 Å². The minimum absolute atomic E-state index is 0.591. The second kappa shape index (κ2) is 10.3. The summed E-state index contributed by atoms with van der Waals surface area (Å²) in [5, 5.41) is 0. The van der Waals surface area contributed by atoms with Gasteiger partial charge in [-0.1, -0.05) is 32.1 Å². The minimum atomic E-state index is 0.591. The van der Waals surface area contributed by atoms with Gasteiger partial charge < -0.3 is 4.90 Å². The molecule has 1 saturated heterocycles. The summed E-state index contributed by atoms with van der Waals surface area (Å²) in [6.07, 6.45) is 10.4. The van der Waals surface area contributed by atoms with Crippen molar-refractivity contribution in [1.29, 1.82) is 0 Å². The molecule has 0 unspecified atom stereocenters. The van der Waals surface area contributed by atoms with Crippen molar-refractivity contribution in [3.63, 3.8) is 0 Å². The molecule has 0 spiro atoms. The van der Waals surface area contributed by atoms with Gasteiger partial charge in [-0.05, 0) is 57.5 Å². The van der Waals surface area contributed by atoms with Crippen molar-refractivity contribution in [2.24, 2.45) is 5.92 Å². The van der Waals surface area contributed by atoms with E-state index >= 15 is 0 Å². The number of hydrogen-bond donors (Lipinski definition) is 0. The van der Waals surface area contributed by atoms with E-state index in [4.69, 9.17) is 0 Å². The van der Waals surface area contributed by atoms with Crippen LogP contribution in [0.15, 0.2) is 36.2 Å². The van der Waals surface area contributed by atoms with Gasteiger partial charge in [0.2, 0.25) is 0 Å². The molecule has 98 valence electrons. The maximum Gasteiger partial charge on any atom is 0.0867 e. The molecule has 0 aromatic rings. The summed E-state index contributed by atoms with van der Waals surface area (Å²) < 4.78 is 12.0. The molecule has 1 fully saturated rings. The van der Waals surface area contributed by atoms with Crippen molar-refractivity contribution in [2.45, 2.75) is 33.6 Å². The van der Waals surface area contributed by atoms with Crippen LogP contribution in [-0.2, 0) is 0 Å². The molecule has 0 bridgehead atoms. The molecule has 0 N–H and O–H groups in total. The van der Waals surface area contributed by atoms with Gasteiger partial charge in [0.25, 0.3) is 0 Å². The molecule has 1 nitrogen and oxygen atoms in total. The highest BCUT2D eigenvalue weighted by molar-refractivity contribution is 5.26. The van der Waals surface area contributed by atoms with E-state index in [1.807, 2.05) is 32.9 Å². The van der Waals surface area contributed by atoms with Gasteiger partial charge in [0.05, 0.1) is 6.33 Å². The first kappa shape index (κ1) is 16.1. The predicted molar refractivity (Wildman–Crippen MR) is 74.7 cm³/mol. The van der Waals surface area contributed by atoms with Crippen LogP contribution >= 0.6 is 0 Å². The van der Waals surface area contributed by atoms with Crippen LogP contribution in [0.4, 0.5) is 4.39 Å². The van der Waals surface area contributed by atoms with Gasteiger partial charge in [-0.2, -0.15) is 0 Å². The molecule has 0 amide bonds. The third-order valence-corrected chi connectivity index (χ3v) is 2.91. The van der Waals surface area contributed by atoms with Crippen LogP contribution in [0, 0.1) is 5.92 Å². The number of rotatable bonds is 3. The largest absolute Gasteiger partial charge is 0.306 e. The Balaban J connectivity index is 0.00000121. The monoisotopic (exact) mass is 239 g/mol. The lowest BCUT2D eigenvalue weighted by Crippen LogP contribution is -2.30. The summed E-state index contributed by atoms with van der Waals surface area (Å²) in [6, 6.07) is 0. The Labute approximate surface area is 106 Å². The second-order valence-electron chi connectivity index (χ2n) is 4.06. The fourth-order valence-electron chi connectivity index (χ4n) is 2.01. The van der Waals surface area contributed by atoms with E-state index in [0.717, 1.165) is 13.1 Å². The van der Waals surface area contributed by atoms with E-state index in [1.54, 1.807) is 0 Å². The topological polar surface area (TPSA) is 3.24 Å². The SMILES string of the molecule is CC.C\C=C/C(=C\C=C\F)C1CCN(C)CC1. The molecular formula is C15H26FN. The van der Waals surface area contributed by atoms with Gasteiger partial charge in [0, 0.05) is 0 Å². The molecule has 0 aromatic heterocycles. The van der Waals surface area contributed by atoms with Crippen molar-refractivity contribution in [3.05, 3.63) is 36.2 Å². The highest BCUT2D eigenvalue weighted by Crippen LogP contribution is 2.25. The van der Waals surface area contributed by atoms with E-state index in [2.05, 4.69) is 18.0 Å². The Bertz CT molecular complexity index is 258. The number of allylic oxidation sites excluding steroid dienone is 5. The highest BCUT2D eigenvalue weighted by Gasteiger charge is 2.18. The first-order valence-corrected chi connectivity index (χ1v) is 6.56. The van der Waals surface area contributed by atoms with E-state index in [-0.39, 0.29) is 0 Å². The summed E-state index contributed by atoms with van der Waals surface area (Å²) in [6.45, 7) is 8.28. The summed E-state index contributed by atoms with van der Waals surface area (Å²) in [5.41, 5.74) is 1.25. The molecular weight excluding hydrogens is 213 g/mol. The lowest BCUT2D eigenvalue weighted by Gasteiger charge is -2.29. The Kier molecular flexibility index (Phi) is 9.74. The van der Waals surface area contributed by atoms with Gasteiger partial charge in [0.1, 0.15) is 0 Å². The molecule has 1 aliphatic heterocycles. The number of hydrogen-bond acceptors (Lipinski definition) is 1. The van der Waals surface area contributed by atoms with Gasteiger partial charge in [0.15, 0.2) is 0 Å². The average molecular weight is 239 g/mol. The standard InChI is InChI=1S/C13H20FN.C2H6/c1-3-5-12(6-4-9-14)13-7-10-15(2)11-8-13;1-2/h3-6,9,13H,7-8,10-11H2,1-2H3;1-2H3/b5-3-,9-4+,12-6+;. The lowest BCUT2D eigenvalue weighted by atomic mass is 9.88. The summed E-state index contributed by atoms with van der Waals surface area (Å²) in [5.74, 6) is 0.591. The normalized spacial score (nSPS) is 19.7. The lowest BCUT2D eigenvalue weighted by molar-refractivity contribution is 0.240. The quantitative estimate of drug-likeness (QED) is 0.662. The second-order valence-corrected chi connectivity index (χ2v) is 4.06. The third kappa shape index (κ3) is 6.42. The van der Waals surface area contributed by atoms with Crippen LogP contribution in [0.5, 0.6) is 0 Å². The zero-order valence-electron chi connectivity index (χ0n) is 11.6. The molecule has 0 saturated carbocycles. The third-order valence-electron chi connectivity index (χ3n) is 2.91. The highest BCUT2D eigenvalue weighted by atomic mass is 19.1. The predicted octanol–water partition coefficient (Wildman–Crippen LogP) is 4.34. The Morgan fingerprint density at radius 3 is 2.29 bits per heavy atom. The Hall–Kier alpha value is -0.890. The molecule has 0 aromatic carbocycles. The summed E-state index contributed by atoms with van der Waals surface area (Å²) >= 11 is 0. The Morgan fingerprint density at radius 2 is 1.82 bits per heavy atom. The summed E-state index contributed by atoms with van der Waals surface area (Å²) in [4.78, 5) is 2.34. The molecule has 0 radical (unpaired) electrons. The van der Waals surface area contributed by atoms with Crippen molar-refractivity contribution in [3.8, 4) is 0 Å². The Morgan fingerprint density at radius 1 is 1.24 bits per heavy atom. The molecule has 1 aliphatic rings. The zero-order valence-corrected chi connectivity index (χ0v) is 11.6. The van der Waals surface area contributed by atoms with Crippen molar-refractivity contribution >= 4 is 0 Å². The van der Waals surface area contributed by atoms with E-state index in [1.165, 1.54) is 24.5 Å². The van der Waals surface area contributed by atoms with E-state index in [9.17, 15) is 4.39 Å². The van der Waals surface area contributed by atoms with Crippen molar-refractivity contribution in [2.75, 3.05) is 20.1 Å². The first-order valence-electron chi connectivity index (χ1n) is 6.56. The summed E-state index contributed by atoms with van der Waals surface area (Å²) in [7, 11) is 2.15. The molecule has 1 rings (SSSR count). The van der Waals surface area contributed by atoms with Gasteiger partial charge >= 0.3 is 0 Å². The zero-order chi connectivity index (χ0) is 13.1. The number of piperidine rings is 1. The van der Waals surface area contributed by atoms with Crippen LogP contribution in [0.1, 0.15) is 33.6 Å². The maximum atomic E-state index is 12.0. The van der Waals surface area contributed by atoms with Crippen LogP contribution in [0.2, 0.25) is 0 Å². The average Bonchev–Trinajstić information content (AvgIpc) is 2.38. The molecule has 0 aliphatic carbocycles.